The molecular formula is C13H27NO2. The summed E-state index contributed by atoms with van der Waals surface area (Å²) in [6.45, 7) is 5.37. The van der Waals surface area contributed by atoms with Gasteiger partial charge in [-0.3, -0.25) is 0 Å². The molecule has 1 aliphatic rings. The van der Waals surface area contributed by atoms with Gasteiger partial charge in [0.2, 0.25) is 0 Å². The summed E-state index contributed by atoms with van der Waals surface area (Å²) < 4.78 is 5.08. The molecule has 3 heteroatoms. The first-order valence-electron chi connectivity index (χ1n) is 6.39. The van der Waals surface area contributed by atoms with Crippen molar-refractivity contribution >= 4 is 0 Å². The van der Waals surface area contributed by atoms with Gasteiger partial charge in [-0.05, 0) is 32.1 Å². The zero-order valence-corrected chi connectivity index (χ0v) is 11.0. The van der Waals surface area contributed by atoms with Crippen LogP contribution >= 0.6 is 0 Å². The first kappa shape index (κ1) is 13.9. The van der Waals surface area contributed by atoms with E-state index in [9.17, 15) is 5.11 Å². The molecule has 0 saturated heterocycles. The van der Waals surface area contributed by atoms with Crippen molar-refractivity contribution in [1.82, 2.24) is 0 Å². The number of hydrogen-bond donors (Lipinski definition) is 2. The molecular weight excluding hydrogens is 202 g/mol. The monoisotopic (exact) mass is 229 g/mol. The average molecular weight is 229 g/mol. The van der Waals surface area contributed by atoms with Crippen LogP contribution in [0.2, 0.25) is 0 Å². The van der Waals surface area contributed by atoms with Crippen LogP contribution in [0.5, 0.6) is 0 Å². The van der Waals surface area contributed by atoms with Gasteiger partial charge in [0, 0.05) is 25.7 Å². The summed E-state index contributed by atoms with van der Waals surface area (Å²) in [5.74, 6) is 0.673. The predicted octanol–water partition coefficient (Wildman–Crippen LogP) is 1.93. The summed E-state index contributed by atoms with van der Waals surface area (Å²) >= 11 is 0. The molecule has 0 radical (unpaired) electrons. The Balaban J connectivity index is 2.76. The van der Waals surface area contributed by atoms with Crippen molar-refractivity contribution in [1.29, 1.82) is 0 Å². The highest BCUT2D eigenvalue weighted by atomic mass is 16.5. The molecule has 1 fully saturated rings. The second-order valence-corrected chi connectivity index (χ2v) is 5.70. The Bertz CT molecular complexity index is 218. The van der Waals surface area contributed by atoms with Gasteiger partial charge in [-0.2, -0.15) is 0 Å². The molecule has 16 heavy (non-hydrogen) atoms. The Morgan fingerprint density at radius 2 is 2.25 bits per heavy atom. The number of ether oxygens (including phenoxy) is 1. The van der Waals surface area contributed by atoms with Crippen LogP contribution in [0.15, 0.2) is 0 Å². The molecule has 3 atom stereocenters. The summed E-state index contributed by atoms with van der Waals surface area (Å²) in [5.41, 5.74) is 5.15. The molecule has 0 amide bonds. The Hall–Kier alpha value is -0.120. The van der Waals surface area contributed by atoms with E-state index in [4.69, 9.17) is 10.5 Å². The molecule has 0 aromatic carbocycles. The van der Waals surface area contributed by atoms with Crippen LogP contribution in [0.4, 0.5) is 0 Å². The van der Waals surface area contributed by atoms with Crippen molar-refractivity contribution in [3.63, 3.8) is 0 Å². The Kier molecular flexibility index (Phi) is 4.77. The van der Waals surface area contributed by atoms with Crippen LogP contribution in [-0.4, -0.2) is 31.0 Å². The minimum absolute atomic E-state index is 0.108. The SMILES string of the molecule is COCCC(C)(O)C1(CN)CCCC(C)C1. The highest BCUT2D eigenvalue weighted by Gasteiger charge is 2.47. The lowest BCUT2D eigenvalue weighted by atomic mass is 9.60. The molecule has 3 N–H and O–H groups in total. The second kappa shape index (κ2) is 5.48. The second-order valence-electron chi connectivity index (χ2n) is 5.70. The molecule has 0 aliphatic heterocycles. The van der Waals surface area contributed by atoms with Gasteiger partial charge in [-0.15, -0.1) is 0 Å². The molecule has 3 unspecified atom stereocenters. The minimum Gasteiger partial charge on any atom is -0.389 e. The van der Waals surface area contributed by atoms with Gasteiger partial charge in [0.1, 0.15) is 0 Å². The highest BCUT2D eigenvalue weighted by Crippen LogP contribution is 2.47. The van der Waals surface area contributed by atoms with Crippen LogP contribution < -0.4 is 5.73 Å². The molecule has 0 spiro atoms. The van der Waals surface area contributed by atoms with Crippen molar-refractivity contribution in [2.75, 3.05) is 20.3 Å². The van der Waals surface area contributed by atoms with Crippen molar-refractivity contribution in [3.8, 4) is 0 Å². The summed E-state index contributed by atoms with van der Waals surface area (Å²) in [6, 6.07) is 0. The molecule has 3 nitrogen and oxygen atoms in total. The highest BCUT2D eigenvalue weighted by molar-refractivity contribution is 4.99. The van der Waals surface area contributed by atoms with E-state index in [-0.39, 0.29) is 5.41 Å². The fourth-order valence-electron chi connectivity index (χ4n) is 3.12. The Morgan fingerprint density at radius 1 is 1.56 bits per heavy atom. The normalized spacial score (nSPS) is 34.7. The van der Waals surface area contributed by atoms with Gasteiger partial charge in [0.25, 0.3) is 0 Å². The van der Waals surface area contributed by atoms with E-state index in [0.29, 0.717) is 25.5 Å². The maximum atomic E-state index is 10.7. The van der Waals surface area contributed by atoms with E-state index in [1.165, 1.54) is 12.8 Å². The van der Waals surface area contributed by atoms with Gasteiger partial charge in [-0.1, -0.05) is 19.8 Å². The number of nitrogens with two attached hydrogens (primary N) is 1. The van der Waals surface area contributed by atoms with Gasteiger partial charge in [0.05, 0.1) is 5.60 Å². The standard InChI is InChI=1S/C13H27NO2/c1-11-5-4-6-13(9-11,10-14)12(2,15)7-8-16-3/h11,15H,4-10,14H2,1-3H3. The quantitative estimate of drug-likeness (QED) is 0.757. The van der Waals surface area contributed by atoms with Crippen LogP contribution in [0.1, 0.15) is 46.0 Å². The van der Waals surface area contributed by atoms with E-state index in [0.717, 1.165) is 12.8 Å². The minimum atomic E-state index is -0.702. The third kappa shape index (κ3) is 2.76. The van der Waals surface area contributed by atoms with Crippen LogP contribution in [0, 0.1) is 11.3 Å². The number of rotatable bonds is 5. The molecule has 96 valence electrons. The first-order chi connectivity index (χ1) is 7.47. The lowest BCUT2D eigenvalue weighted by molar-refractivity contribution is -0.108. The van der Waals surface area contributed by atoms with E-state index < -0.39 is 5.60 Å². The molecule has 0 aromatic heterocycles. The van der Waals surface area contributed by atoms with E-state index in [2.05, 4.69) is 6.92 Å². The molecule has 0 bridgehead atoms. The number of methoxy groups -OCH3 is 1. The van der Waals surface area contributed by atoms with Gasteiger partial charge >= 0.3 is 0 Å². The van der Waals surface area contributed by atoms with Crippen LogP contribution in [0.3, 0.4) is 0 Å². The maximum absolute atomic E-state index is 10.7. The topological polar surface area (TPSA) is 55.5 Å². The molecule has 1 saturated carbocycles. The first-order valence-corrected chi connectivity index (χ1v) is 6.39. The summed E-state index contributed by atoms with van der Waals surface area (Å²) in [6.07, 6.45) is 5.21. The van der Waals surface area contributed by atoms with Gasteiger partial charge in [0.15, 0.2) is 0 Å². The molecule has 0 heterocycles. The Morgan fingerprint density at radius 3 is 2.75 bits per heavy atom. The Labute approximate surface area is 99.4 Å². The van der Waals surface area contributed by atoms with E-state index >= 15 is 0 Å². The third-order valence-corrected chi connectivity index (χ3v) is 4.42. The van der Waals surface area contributed by atoms with Gasteiger partial charge in [-0.25, -0.2) is 0 Å². The van der Waals surface area contributed by atoms with Crippen molar-refractivity contribution in [2.45, 2.75) is 51.6 Å². The van der Waals surface area contributed by atoms with E-state index in [1.54, 1.807) is 7.11 Å². The van der Waals surface area contributed by atoms with Crippen molar-refractivity contribution < 1.29 is 9.84 Å². The zero-order chi connectivity index (χ0) is 12.2. The van der Waals surface area contributed by atoms with Crippen LogP contribution in [-0.2, 0) is 4.74 Å². The molecule has 1 rings (SSSR count). The lowest BCUT2D eigenvalue weighted by Crippen LogP contribution is -2.53. The fraction of sp³-hybridized carbons (Fsp3) is 1.00. The summed E-state index contributed by atoms with van der Waals surface area (Å²) in [4.78, 5) is 0. The zero-order valence-electron chi connectivity index (χ0n) is 11.0. The fourth-order valence-corrected chi connectivity index (χ4v) is 3.12. The van der Waals surface area contributed by atoms with Crippen LogP contribution in [0.25, 0.3) is 0 Å². The maximum Gasteiger partial charge on any atom is 0.0709 e. The third-order valence-electron chi connectivity index (χ3n) is 4.42. The molecule has 1 aliphatic carbocycles. The number of hydrogen-bond acceptors (Lipinski definition) is 3. The summed E-state index contributed by atoms with van der Waals surface area (Å²) in [5, 5.41) is 10.7. The summed E-state index contributed by atoms with van der Waals surface area (Å²) in [7, 11) is 1.68. The predicted molar refractivity (Wildman–Crippen MR) is 66.2 cm³/mol. The smallest absolute Gasteiger partial charge is 0.0709 e. The largest absolute Gasteiger partial charge is 0.389 e. The van der Waals surface area contributed by atoms with E-state index in [1.807, 2.05) is 6.92 Å². The van der Waals surface area contributed by atoms with Gasteiger partial charge < -0.3 is 15.6 Å². The van der Waals surface area contributed by atoms with Crippen molar-refractivity contribution in [3.05, 3.63) is 0 Å². The average Bonchev–Trinajstić information content (AvgIpc) is 2.26. The number of aliphatic hydroxyl groups is 1. The molecule has 0 aromatic rings. The lowest BCUT2D eigenvalue weighted by Gasteiger charge is -2.49. The van der Waals surface area contributed by atoms with Crippen molar-refractivity contribution in [2.24, 2.45) is 17.1 Å².